The molecular formula is C38H47N5O5SSi. The highest BCUT2D eigenvalue weighted by Gasteiger charge is 2.41. The molecule has 50 heavy (non-hydrogen) atoms. The molecule has 0 bridgehead atoms. The fourth-order valence-corrected chi connectivity index (χ4v) is 8.51. The van der Waals surface area contributed by atoms with Crippen LogP contribution in [0.2, 0.25) is 25.7 Å². The van der Waals surface area contributed by atoms with E-state index in [1.807, 2.05) is 38.3 Å². The summed E-state index contributed by atoms with van der Waals surface area (Å²) in [6.07, 6.45) is 0.890. The van der Waals surface area contributed by atoms with E-state index in [4.69, 9.17) is 14.5 Å². The van der Waals surface area contributed by atoms with E-state index in [-0.39, 0.29) is 11.6 Å². The Morgan fingerprint density at radius 3 is 2.28 bits per heavy atom. The van der Waals surface area contributed by atoms with Crippen LogP contribution in [0.25, 0.3) is 21.9 Å². The number of aromatic nitrogens is 3. The van der Waals surface area contributed by atoms with E-state index in [9.17, 15) is 18.5 Å². The largest absolute Gasteiger partial charge is 0.444 e. The minimum Gasteiger partial charge on any atom is -0.444 e. The molecule has 0 radical (unpaired) electrons. The molecule has 3 aromatic carbocycles. The number of carbonyl (C=O) groups is 1. The number of hydrogen-bond donors (Lipinski definition) is 1. The molecule has 0 spiro atoms. The molecule has 0 aliphatic rings. The van der Waals surface area contributed by atoms with Crippen LogP contribution < -0.4 is 5.32 Å². The molecule has 12 heteroatoms. The first-order valence-electron chi connectivity index (χ1n) is 16.7. The zero-order valence-corrected chi connectivity index (χ0v) is 32.4. The Morgan fingerprint density at radius 2 is 1.66 bits per heavy atom. The fraction of sp³-hybridized carbons (Fsp3) is 0.395. The number of aryl methyl sites for hydroxylation is 3. The molecule has 1 N–H and O–H groups in total. The standard InChI is InChI=1S/C38H47N5O5SSi/c1-25-11-14-29(15-12-25)49(45,46)43-18-17-30-33(26(2)21-27(3)34(30)43)38(7,41-36(44)48-37(4,5)6)35-40-31-16-13-28(23-39)22-32(31)42(35)24-47-19-20-50(8,9)10/h11-18,21-22H,19-20,24H2,1-10H3,(H,41,44). The Bertz CT molecular complexity index is 2240. The molecular weight excluding hydrogens is 667 g/mol. The van der Waals surface area contributed by atoms with Crippen LogP contribution in [0, 0.1) is 32.1 Å². The third-order valence-electron chi connectivity index (χ3n) is 8.69. The Morgan fingerprint density at radius 1 is 0.980 bits per heavy atom. The van der Waals surface area contributed by atoms with Crippen molar-refractivity contribution >= 4 is 46.1 Å². The van der Waals surface area contributed by atoms with E-state index in [0.717, 1.165) is 22.7 Å². The van der Waals surface area contributed by atoms with Gasteiger partial charge in [-0.3, -0.25) is 0 Å². The number of ether oxygens (including phenoxy) is 2. The van der Waals surface area contributed by atoms with Crippen LogP contribution in [-0.2, 0) is 31.8 Å². The van der Waals surface area contributed by atoms with E-state index in [2.05, 4.69) is 31.0 Å². The summed E-state index contributed by atoms with van der Waals surface area (Å²) in [5, 5.41) is 13.6. The topological polar surface area (TPSA) is 128 Å². The van der Waals surface area contributed by atoms with Crippen molar-refractivity contribution in [3.05, 3.63) is 94.4 Å². The van der Waals surface area contributed by atoms with Crippen molar-refractivity contribution in [3.63, 3.8) is 0 Å². The average Bonchev–Trinajstić information content (AvgIpc) is 3.61. The highest BCUT2D eigenvalue weighted by atomic mass is 32.2. The summed E-state index contributed by atoms with van der Waals surface area (Å²) < 4.78 is 43.5. The van der Waals surface area contributed by atoms with Crippen LogP contribution in [0.3, 0.4) is 0 Å². The summed E-state index contributed by atoms with van der Waals surface area (Å²) in [6, 6.07) is 18.9. The number of benzene rings is 3. The lowest BCUT2D eigenvalue weighted by atomic mass is 9.84. The van der Waals surface area contributed by atoms with Gasteiger partial charge in [0.15, 0.2) is 0 Å². The predicted molar refractivity (Wildman–Crippen MR) is 200 cm³/mol. The van der Waals surface area contributed by atoms with Gasteiger partial charge in [0.1, 0.15) is 23.7 Å². The Kier molecular flexibility index (Phi) is 9.84. The molecule has 1 amide bonds. The summed E-state index contributed by atoms with van der Waals surface area (Å²) >= 11 is 0. The van der Waals surface area contributed by atoms with Crippen molar-refractivity contribution in [3.8, 4) is 6.07 Å². The molecule has 5 rings (SSSR count). The lowest BCUT2D eigenvalue weighted by Crippen LogP contribution is -2.48. The molecule has 0 aliphatic carbocycles. The number of alkyl carbamates (subject to hydrolysis) is 1. The minimum atomic E-state index is -3.98. The van der Waals surface area contributed by atoms with Gasteiger partial charge >= 0.3 is 6.09 Å². The van der Waals surface area contributed by atoms with Crippen molar-refractivity contribution in [2.45, 2.75) is 96.9 Å². The fourth-order valence-electron chi connectivity index (χ4n) is 6.34. The second kappa shape index (κ2) is 13.4. The Balaban J connectivity index is 1.79. The maximum absolute atomic E-state index is 14.1. The van der Waals surface area contributed by atoms with Gasteiger partial charge in [0.2, 0.25) is 0 Å². The van der Waals surface area contributed by atoms with E-state index in [1.54, 1.807) is 75.5 Å². The zero-order valence-electron chi connectivity index (χ0n) is 30.6. The minimum absolute atomic E-state index is 0.119. The smallest absolute Gasteiger partial charge is 0.408 e. The predicted octanol–water partition coefficient (Wildman–Crippen LogP) is 8.13. The molecule has 0 saturated carbocycles. The van der Waals surface area contributed by atoms with Crippen molar-refractivity contribution in [2.24, 2.45) is 0 Å². The van der Waals surface area contributed by atoms with Gasteiger partial charge in [0.25, 0.3) is 10.0 Å². The number of fused-ring (bicyclic) bond motifs is 2. The number of hydrogen-bond acceptors (Lipinski definition) is 7. The Labute approximate surface area is 296 Å². The molecule has 1 unspecified atom stereocenters. The summed E-state index contributed by atoms with van der Waals surface area (Å²) in [6.45, 7) is 20.5. The Hall–Kier alpha value is -4.44. The van der Waals surface area contributed by atoms with Crippen molar-refractivity contribution in [2.75, 3.05) is 6.61 Å². The highest BCUT2D eigenvalue weighted by molar-refractivity contribution is 7.90. The van der Waals surface area contributed by atoms with E-state index in [0.29, 0.717) is 45.5 Å². The number of rotatable bonds is 10. The van der Waals surface area contributed by atoms with E-state index >= 15 is 0 Å². The van der Waals surface area contributed by atoms with Crippen LogP contribution in [0.15, 0.2) is 65.7 Å². The first-order valence-corrected chi connectivity index (χ1v) is 21.8. The molecule has 5 aromatic rings. The van der Waals surface area contributed by atoms with Gasteiger partial charge in [-0.15, -0.1) is 0 Å². The second-order valence-electron chi connectivity index (χ2n) is 15.4. The van der Waals surface area contributed by atoms with Crippen molar-refractivity contribution < 1.29 is 22.7 Å². The number of nitrogens with zero attached hydrogens (tertiary/aromatic N) is 4. The second-order valence-corrected chi connectivity index (χ2v) is 22.8. The number of carbonyl (C=O) groups excluding carboxylic acids is 1. The van der Waals surface area contributed by atoms with Crippen molar-refractivity contribution in [1.82, 2.24) is 18.8 Å². The van der Waals surface area contributed by atoms with E-state index < -0.39 is 35.3 Å². The first kappa shape index (κ1) is 36.8. The summed E-state index contributed by atoms with van der Waals surface area (Å²) in [4.78, 5) is 19.0. The van der Waals surface area contributed by atoms with Gasteiger partial charge in [-0.25, -0.2) is 22.2 Å². The normalized spacial score (nSPS) is 13.7. The molecule has 1 atom stereocenters. The lowest BCUT2D eigenvalue weighted by Gasteiger charge is -2.34. The maximum atomic E-state index is 14.1. The number of amides is 1. The molecule has 0 aliphatic heterocycles. The number of nitrogens with one attached hydrogen (secondary N) is 1. The molecule has 0 fully saturated rings. The van der Waals surface area contributed by atoms with Crippen LogP contribution >= 0.6 is 0 Å². The molecule has 0 saturated heterocycles. The van der Waals surface area contributed by atoms with Crippen LogP contribution in [-0.4, -0.2) is 48.3 Å². The molecule has 10 nitrogen and oxygen atoms in total. The SMILES string of the molecule is Cc1ccc(S(=O)(=O)n2ccc3c(C(C)(NC(=O)OC(C)(C)C)c4nc5ccc(C#N)cc5n4COCC[Si](C)(C)C)c(C)cc(C)c32)cc1. The van der Waals surface area contributed by atoms with Gasteiger partial charge in [-0.05, 0) is 108 Å². The van der Waals surface area contributed by atoms with Crippen LogP contribution in [0.4, 0.5) is 4.79 Å². The third-order valence-corrected chi connectivity index (χ3v) is 12.1. The lowest BCUT2D eigenvalue weighted by molar-refractivity contribution is 0.0463. The summed E-state index contributed by atoms with van der Waals surface area (Å²) in [5.74, 6) is 0.448. The zero-order chi connectivity index (χ0) is 36.8. The van der Waals surface area contributed by atoms with Gasteiger partial charge in [0, 0.05) is 26.3 Å². The number of imidazole rings is 1. The first-order chi connectivity index (χ1) is 23.2. The van der Waals surface area contributed by atoms with Gasteiger partial charge in [-0.2, -0.15) is 5.26 Å². The molecule has 264 valence electrons. The monoisotopic (exact) mass is 713 g/mol. The summed E-state index contributed by atoms with van der Waals surface area (Å²) in [5.41, 5.74) is 3.25. The van der Waals surface area contributed by atoms with Crippen molar-refractivity contribution in [1.29, 1.82) is 5.26 Å². The number of nitriles is 1. The molecule has 2 heterocycles. The van der Waals surface area contributed by atoms with Crippen LogP contribution in [0.1, 0.15) is 61.3 Å². The highest BCUT2D eigenvalue weighted by Crippen LogP contribution is 2.40. The maximum Gasteiger partial charge on any atom is 0.408 e. The van der Waals surface area contributed by atoms with Gasteiger partial charge < -0.3 is 19.4 Å². The van der Waals surface area contributed by atoms with E-state index in [1.165, 1.54) is 3.97 Å². The van der Waals surface area contributed by atoms with Gasteiger partial charge in [0.05, 0.1) is 33.1 Å². The third kappa shape index (κ3) is 7.36. The molecule has 2 aromatic heterocycles. The quantitative estimate of drug-likeness (QED) is 0.114. The summed E-state index contributed by atoms with van der Waals surface area (Å²) in [7, 11) is -5.37. The van der Waals surface area contributed by atoms with Crippen LogP contribution in [0.5, 0.6) is 0 Å². The average molecular weight is 714 g/mol. The van der Waals surface area contributed by atoms with Gasteiger partial charge in [-0.1, -0.05) is 43.4 Å².